The number of nitrogens with one attached hydrogen (secondary N) is 1. The van der Waals surface area contributed by atoms with Gasteiger partial charge < -0.3 is 5.32 Å². The van der Waals surface area contributed by atoms with Crippen LogP contribution in [0.25, 0.3) is 11.3 Å². The molecular weight excluding hydrogens is 326 g/mol. The summed E-state index contributed by atoms with van der Waals surface area (Å²) in [6.07, 6.45) is 0.219. The molecule has 24 heavy (non-hydrogen) atoms. The molecule has 0 fully saturated rings. The van der Waals surface area contributed by atoms with Crippen LogP contribution >= 0.6 is 11.6 Å². The van der Waals surface area contributed by atoms with Crippen LogP contribution in [0.15, 0.2) is 47.1 Å². The number of benzene rings is 2. The van der Waals surface area contributed by atoms with Crippen LogP contribution in [0.5, 0.6) is 0 Å². The van der Waals surface area contributed by atoms with Crippen LogP contribution in [-0.4, -0.2) is 16.2 Å². The van der Waals surface area contributed by atoms with Gasteiger partial charge in [-0.25, -0.2) is 4.63 Å². The first-order valence-corrected chi connectivity index (χ1v) is 7.85. The highest BCUT2D eigenvalue weighted by molar-refractivity contribution is 6.30. The van der Waals surface area contributed by atoms with E-state index in [9.17, 15) is 4.79 Å². The van der Waals surface area contributed by atoms with Crippen LogP contribution in [-0.2, 0) is 11.2 Å². The van der Waals surface area contributed by atoms with Crippen LogP contribution in [0.2, 0.25) is 5.02 Å². The zero-order valence-corrected chi connectivity index (χ0v) is 14.1. The van der Waals surface area contributed by atoms with Gasteiger partial charge >= 0.3 is 0 Å². The number of hydrogen-bond donors (Lipinski definition) is 1. The Bertz CT molecular complexity index is 872. The van der Waals surface area contributed by atoms with Crippen LogP contribution in [0.3, 0.4) is 0 Å². The number of anilines is 1. The van der Waals surface area contributed by atoms with E-state index in [-0.39, 0.29) is 12.3 Å². The molecule has 0 unspecified atom stereocenters. The second-order valence-corrected chi connectivity index (χ2v) is 6.07. The molecule has 0 bridgehead atoms. The quantitative estimate of drug-likeness (QED) is 0.772. The standard InChI is InChI=1S/C18H16ClN3O2/c1-11-3-4-12(2)15(9-11)17-18(22-24-21-17)20-16(23)10-13-5-7-14(19)8-6-13/h3-9H,10H2,1-2H3,(H,20,22,23). The summed E-state index contributed by atoms with van der Waals surface area (Å²) in [4.78, 5) is 12.2. The van der Waals surface area contributed by atoms with E-state index in [4.69, 9.17) is 16.2 Å². The Labute approximate surface area is 144 Å². The second-order valence-electron chi connectivity index (χ2n) is 5.63. The Kier molecular flexibility index (Phi) is 4.62. The fourth-order valence-corrected chi connectivity index (χ4v) is 2.53. The van der Waals surface area contributed by atoms with Gasteiger partial charge in [-0.1, -0.05) is 41.4 Å². The normalized spacial score (nSPS) is 10.6. The van der Waals surface area contributed by atoms with Crippen molar-refractivity contribution in [2.45, 2.75) is 20.3 Å². The maximum atomic E-state index is 12.2. The summed E-state index contributed by atoms with van der Waals surface area (Å²) in [6, 6.07) is 13.1. The number of carbonyl (C=O) groups excluding carboxylic acids is 1. The molecule has 2 aromatic carbocycles. The van der Waals surface area contributed by atoms with Gasteiger partial charge in [0.1, 0.15) is 0 Å². The van der Waals surface area contributed by atoms with Gasteiger partial charge in [0.25, 0.3) is 0 Å². The summed E-state index contributed by atoms with van der Waals surface area (Å²) in [5, 5.41) is 11.2. The van der Waals surface area contributed by atoms with E-state index in [1.54, 1.807) is 12.1 Å². The molecule has 6 heteroatoms. The number of hydrogen-bond acceptors (Lipinski definition) is 4. The van der Waals surface area contributed by atoms with E-state index in [2.05, 4.69) is 15.6 Å². The number of carbonyl (C=O) groups is 1. The van der Waals surface area contributed by atoms with Crippen molar-refractivity contribution in [3.63, 3.8) is 0 Å². The van der Waals surface area contributed by atoms with E-state index in [0.717, 1.165) is 22.3 Å². The van der Waals surface area contributed by atoms with Gasteiger partial charge in [-0.2, -0.15) is 0 Å². The number of nitrogens with zero attached hydrogens (tertiary/aromatic N) is 2. The molecule has 0 radical (unpaired) electrons. The van der Waals surface area contributed by atoms with Crippen LogP contribution in [0.4, 0.5) is 5.82 Å². The first-order chi connectivity index (χ1) is 11.5. The van der Waals surface area contributed by atoms with Crippen molar-refractivity contribution < 1.29 is 9.42 Å². The third-order valence-electron chi connectivity index (χ3n) is 3.67. The molecule has 0 aliphatic rings. The average Bonchev–Trinajstić information content (AvgIpc) is 3.00. The van der Waals surface area contributed by atoms with Gasteiger partial charge in [-0.3, -0.25) is 4.79 Å². The number of halogens is 1. The fraction of sp³-hybridized carbons (Fsp3) is 0.167. The lowest BCUT2D eigenvalue weighted by Gasteiger charge is -2.06. The topological polar surface area (TPSA) is 68.0 Å². The highest BCUT2D eigenvalue weighted by Gasteiger charge is 2.17. The number of aryl methyl sites for hydroxylation is 2. The predicted octanol–water partition coefficient (Wildman–Crippen LogP) is 4.19. The minimum Gasteiger partial charge on any atom is -0.306 e. The molecule has 122 valence electrons. The van der Waals surface area contributed by atoms with Crippen molar-refractivity contribution >= 4 is 23.3 Å². The lowest BCUT2D eigenvalue weighted by molar-refractivity contribution is -0.115. The minimum absolute atomic E-state index is 0.195. The summed E-state index contributed by atoms with van der Waals surface area (Å²) >= 11 is 5.85. The molecule has 5 nitrogen and oxygen atoms in total. The first kappa shape index (κ1) is 16.2. The van der Waals surface area contributed by atoms with E-state index >= 15 is 0 Å². The SMILES string of the molecule is Cc1ccc(C)c(-c2nonc2NC(=O)Cc2ccc(Cl)cc2)c1. The number of rotatable bonds is 4. The Morgan fingerprint density at radius 1 is 1.12 bits per heavy atom. The molecule has 1 amide bonds. The summed E-state index contributed by atoms with van der Waals surface area (Å²) in [5.41, 5.74) is 4.40. The monoisotopic (exact) mass is 341 g/mol. The summed E-state index contributed by atoms with van der Waals surface area (Å²) in [6.45, 7) is 3.97. The Hall–Kier alpha value is -2.66. The molecular formula is C18H16ClN3O2. The van der Waals surface area contributed by atoms with Gasteiger partial charge in [0.2, 0.25) is 11.7 Å². The van der Waals surface area contributed by atoms with E-state index < -0.39 is 0 Å². The lowest BCUT2D eigenvalue weighted by Crippen LogP contribution is -2.15. The Morgan fingerprint density at radius 3 is 2.62 bits per heavy atom. The van der Waals surface area contributed by atoms with Gasteiger partial charge in [-0.05, 0) is 53.5 Å². The molecule has 1 heterocycles. The molecule has 1 N–H and O–H groups in total. The summed E-state index contributed by atoms with van der Waals surface area (Å²) in [7, 11) is 0. The lowest BCUT2D eigenvalue weighted by atomic mass is 10.0. The van der Waals surface area contributed by atoms with Crippen LogP contribution in [0, 0.1) is 13.8 Å². The van der Waals surface area contributed by atoms with Crippen molar-refractivity contribution in [3.05, 3.63) is 64.2 Å². The van der Waals surface area contributed by atoms with Crippen molar-refractivity contribution in [3.8, 4) is 11.3 Å². The van der Waals surface area contributed by atoms with Crippen molar-refractivity contribution in [1.82, 2.24) is 10.3 Å². The molecule has 0 saturated carbocycles. The molecule has 0 atom stereocenters. The highest BCUT2D eigenvalue weighted by Crippen LogP contribution is 2.28. The van der Waals surface area contributed by atoms with Crippen molar-refractivity contribution in [1.29, 1.82) is 0 Å². The molecule has 1 aromatic heterocycles. The molecule has 0 spiro atoms. The minimum atomic E-state index is -0.195. The van der Waals surface area contributed by atoms with Gasteiger partial charge in [-0.15, -0.1) is 0 Å². The Morgan fingerprint density at radius 2 is 1.88 bits per heavy atom. The molecule has 3 rings (SSSR count). The maximum Gasteiger partial charge on any atom is 0.230 e. The molecule has 0 aliphatic heterocycles. The second kappa shape index (κ2) is 6.84. The largest absolute Gasteiger partial charge is 0.306 e. The zero-order chi connectivity index (χ0) is 17.1. The number of aromatic nitrogens is 2. The average molecular weight is 342 g/mol. The van der Waals surface area contributed by atoms with E-state index in [1.807, 2.05) is 44.2 Å². The van der Waals surface area contributed by atoms with E-state index in [1.165, 1.54) is 0 Å². The first-order valence-electron chi connectivity index (χ1n) is 7.47. The van der Waals surface area contributed by atoms with E-state index in [0.29, 0.717) is 16.5 Å². The number of amides is 1. The third-order valence-corrected chi connectivity index (χ3v) is 3.92. The van der Waals surface area contributed by atoms with Crippen molar-refractivity contribution in [2.24, 2.45) is 0 Å². The van der Waals surface area contributed by atoms with Crippen LogP contribution in [0.1, 0.15) is 16.7 Å². The smallest absolute Gasteiger partial charge is 0.230 e. The summed E-state index contributed by atoms with van der Waals surface area (Å²) < 4.78 is 4.83. The molecule has 0 aliphatic carbocycles. The fourth-order valence-electron chi connectivity index (χ4n) is 2.40. The van der Waals surface area contributed by atoms with Gasteiger partial charge in [0.15, 0.2) is 5.69 Å². The van der Waals surface area contributed by atoms with Crippen molar-refractivity contribution in [2.75, 3.05) is 5.32 Å². The van der Waals surface area contributed by atoms with Crippen LogP contribution < -0.4 is 5.32 Å². The summed E-state index contributed by atoms with van der Waals surface area (Å²) in [5.74, 6) is 0.127. The van der Waals surface area contributed by atoms with Gasteiger partial charge in [0.05, 0.1) is 6.42 Å². The maximum absolute atomic E-state index is 12.2. The highest BCUT2D eigenvalue weighted by atomic mass is 35.5. The van der Waals surface area contributed by atoms with Gasteiger partial charge in [0, 0.05) is 10.6 Å². The zero-order valence-electron chi connectivity index (χ0n) is 13.3. The predicted molar refractivity (Wildman–Crippen MR) is 93.0 cm³/mol. The third kappa shape index (κ3) is 3.63. The molecule has 3 aromatic rings. The Balaban J connectivity index is 1.79. The molecule has 0 saturated heterocycles.